The predicted octanol–water partition coefficient (Wildman–Crippen LogP) is 13.6. The molecule has 0 saturated heterocycles. The summed E-state index contributed by atoms with van der Waals surface area (Å²) in [4.78, 5) is 25.6. The average molecular weight is 867 g/mol. The van der Waals surface area contributed by atoms with E-state index in [1.54, 1.807) is 31.3 Å². The number of rotatable bonds is 9. The number of hydrogen-bond acceptors (Lipinski definition) is 2. The second-order valence-corrected chi connectivity index (χ2v) is 17.9. The van der Waals surface area contributed by atoms with Crippen LogP contribution in [0.2, 0.25) is 0 Å². The maximum Gasteiger partial charge on any atom is 0.255 e. The molecule has 12 rings (SSSR count). The van der Waals surface area contributed by atoms with Crippen LogP contribution in [0.4, 0.5) is 5.69 Å². The van der Waals surface area contributed by atoms with E-state index in [0.29, 0.717) is 23.2 Å². The number of amides is 2. The van der Waals surface area contributed by atoms with Gasteiger partial charge in [-0.05, 0) is 138 Å². The highest BCUT2D eigenvalue weighted by Crippen LogP contribution is 2.54. The zero-order valence-electron chi connectivity index (χ0n) is 37.3. The van der Waals surface area contributed by atoms with E-state index < -0.39 is 5.41 Å². The van der Waals surface area contributed by atoms with Gasteiger partial charge in [0.15, 0.2) is 0 Å². The van der Waals surface area contributed by atoms with Gasteiger partial charge in [0.2, 0.25) is 0 Å². The molecule has 9 aromatic carbocycles. The molecule has 2 amide bonds. The number of carbonyl (C=O) groups is 2. The van der Waals surface area contributed by atoms with Crippen molar-refractivity contribution in [3.05, 3.63) is 245 Å². The van der Waals surface area contributed by atoms with E-state index in [9.17, 15) is 9.59 Å². The van der Waals surface area contributed by atoms with Crippen molar-refractivity contribution >= 4 is 61.1 Å². The fourth-order valence-electron chi connectivity index (χ4n) is 10.8. The Bertz CT molecular complexity index is 3480. The third kappa shape index (κ3) is 6.63. The van der Waals surface area contributed by atoms with Crippen LogP contribution in [0.1, 0.15) is 48.5 Å². The Morgan fingerprint density at radius 2 is 0.836 bits per heavy atom. The first-order valence-electron chi connectivity index (χ1n) is 22.9. The van der Waals surface area contributed by atoms with Gasteiger partial charge in [-0.1, -0.05) is 127 Å². The topological polar surface area (TPSA) is 68.1 Å². The summed E-state index contributed by atoms with van der Waals surface area (Å²) >= 11 is 0. The normalized spacial score (nSPS) is 12.7. The largest absolute Gasteiger partial charge is 0.355 e. The van der Waals surface area contributed by atoms with Crippen LogP contribution in [-0.2, 0) is 18.3 Å². The quantitative estimate of drug-likeness (QED) is 0.152. The molecule has 2 N–H and O–H groups in total. The van der Waals surface area contributed by atoms with E-state index in [2.05, 4.69) is 197 Å². The van der Waals surface area contributed by atoms with E-state index in [4.69, 9.17) is 0 Å². The van der Waals surface area contributed by atoms with Gasteiger partial charge >= 0.3 is 0 Å². The van der Waals surface area contributed by atoms with E-state index in [-0.39, 0.29) is 11.8 Å². The number of fused-ring (bicyclic) bond motifs is 9. The van der Waals surface area contributed by atoms with Gasteiger partial charge in [0.25, 0.3) is 11.8 Å². The first kappa shape index (κ1) is 40.1. The number of para-hydroxylation sites is 4. The van der Waals surface area contributed by atoms with E-state index in [1.165, 1.54) is 77.0 Å². The molecule has 0 radical (unpaired) electrons. The number of anilines is 1. The number of benzene rings is 9. The Balaban J connectivity index is 1.04. The van der Waals surface area contributed by atoms with Crippen LogP contribution in [0.5, 0.6) is 0 Å². The molecule has 6 nitrogen and oxygen atoms in total. The lowest BCUT2D eigenvalue weighted by Gasteiger charge is -2.34. The summed E-state index contributed by atoms with van der Waals surface area (Å²) in [6.45, 7) is 2.15. The summed E-state index contributed by atoms with van der Waals surface area (Å²) in [7, 11) is 1.59. The molecule has 0 bridgehead atoms. The molecule has 0 spiro atoms. The number of carbonyl (C=O) groups excluding carboxylic acids is 2. The molecule has 0 fully saturated rings. The van der Waals surface area contributed by atoms with Gasteiger partial charge in [0, 0.05) is 62.2 Å². The standard InChI is InChI=1S/C61H46N4O2/c1-39-19-21-40(22-20-39)37-61(38-41-23-29-44(30-24-41)63-60(67)43-27-25-42(26-28-43)59(66)62-2)53-35-45(64-55-15-7-3-11-49(55)50-12-4-8-16-56(50)64)31-33-47(53)48-34-32-46(36-54(48)61)65-57-17-9-5-13-51(57)52-14-6-10-18-58(52)65/h3-36H,37-38H2,1-2H3,(H,62,66)(H,63,67). The molecule has 0 saturated carbocycles. The first-order chi connectivity index (χ1) is 32.9. The first-order valence-corrected chi connectivity index (χ1v) is 22.9. The molecule has 2 heterocycles. The lowest BCUT2D eigenvalue weighted by Crippen LogP contribution is -2.31. The minimum Gasteiger partial charge on any atom is -0.355 e. The Labute approximate surface area is 388 Å². The maximum atomic E-state index is 13.5. The number of nitrogens with one attached hydrogen (secondary N) is 2. The maximum absolute atomic E-state index is 13.5. The van der Waals surface area contributed by atoms with Crippen LogP contribution < -0.4 is 10.6 Å². The molecular weight excluding hydrogens is 821 g/mol. The number of aromatic nitrogens is 2. The lowest BCUT2D eigenvalue weighted by atomic mass is 9.69. The summed E-state index contributed by atoms with van der Waals surface area (Å²) in [5.74, 6) is -0.429. The van der Waals surface area contributed by atoms with E-state index >= 15 is 0 Å². The van der Waals surface area contributed by atoms with Crippen molar-refractivity contribution in [2.75, 3.05) is 12.4 Å². The van der Waals surface area contributed by atoms with Crippen molar-refractivity contribution in [2.24, 2.45) is 0 Å². The van der Waals surface area contributed by atoms with Gasteiger partial charge in [-0.2, -0.15) is 0 Å². The van der Waals surface area contributed by atoms with Crippen LogP contribution >= 0.6 is 0 Å². The molecule has 0 aliphatic heterocycles. The Kier molecular flexibility index (Phi) is 9.50. The monoisotopic (exact) mass is 866 g/mol. The Morgan fingerprint density at radius 1 is 0.448 bits per heavy atom. The average Bonchev–Trinajstić information content (AvgIpc) is 3.98. The fraction of sp³-hybridized carbons (Fsp3) is 0.0820. The minimum atomic E-state index is -0.499. The van der Waals surface area contributed by atoms with Crippen LogP contribution in [-0.4, -0.2) is 28.0 Å². The Morgan fingerprint density at radius 3 is 1.25 bits per heavy atom. The van der Waals surface area contributed by atoms with Gasteiger partial charge in [-0.3, -0.25) is 9.59 Å². The molecule has 1 aliphatic carbocycles. The van der Waals surface area contributed by atoms with Gasteiger partial charge in [0.1, 0.15) is 0 Å². The van der Waals surface area contributed by atoms with Crippen molar-refractivity contribution in [3.63, 3.8) is 0 Å². The third-order valence-electron chi connectivity index (χ3n) is 14.0. The Hall–Kier alpha value is -8.48. The smallest absolute Gasteiger partial charge is 0.255 e. The summed E-state index contributed by atoms with van der Waals surface area (Å²) in [5.41, 5.74) is 16.9. The van der Waals surface area contributed by atoms with Crippen molar-refractivity contribution in [2.45, 2.75) is 25.2 Å². The lowest BCUT2D eigenvalue weighted by molar-refractivity contribution is 0.0961. The van der Waals surface area contributed by atoms with Crippen LogP contribution in [0.3, 0.4) is 0 Å². The van der Waals surface area contributed by atoms with Gasteiger partial charge < -0.3 is 19.8 Å². The molecule has 67 heavy (non-hydrogen) atoms. The molecular formula is C61H46N4O2. The van der Waals surface area contributed by atoms with Crippen molar-refractivity contribution in [1.29, 1.82) is 0 Å². The van der Waals surface area contributed by atoms with Crippen molar-refractivity contribution in [3.8, 4) is 22.5 Å². The molecule has 1 aliphatic rings. The molecule has 2 aromatic heterocycles. The van der Waals surface area contributed by atoms with Crippen LogP contribution in [0.25, 0.3) is 66.1 Å². The predicted molar refractivity (Wildman–Crippen MR) is 274 cm³/mol. The second-order valence-electron chi connectivity index (χ2n) is 17.9. The highest BCUT2D eigenvalue weighted by molar-refractivity contribution is 6.10. The van der Waals surface area contributed by atoms with Gasteiger partial charge in [-0.15, -0.1) is 0 Å². The fourth-order valence-corrected chi connectivity index (χ4v) is 10.8. The minimum absolute atomic E-state index is 0.193. The second kappa shape index (κ2) is 15.9. The number of nitrogens with zero attached hydrogens (tertiary/aromatic N) is 2. The third-order valence-corrected chi connectivity index (χ3v) is 14.0. The SMILES string of the molecule is CNC(=O)c1ccc(C(=O)Nc2ccc(CC3(Cc4ccc(C)cc4)c4cc(-n5c6ccccc6c6ccccc65)ccc4-c4ccc(-n5c6ccccc6c6ccccc65)cc43)cc2)cc1. The molecule has 322 valence electrons. The summed E-state index contributed by atoms with van der Waals surface area (Å²) in [5, 5.41) is 10.7. The van der Waals surface area contributed by atoms with Crippen molar-refractivity contribution in [1.82, 2.24) is 14.5 Å². The van der Waals surface area contributed by atoms with Crippen molar-refractivity contribution < 1.29 is 9.59 Å². The zero-order chi connectivity index (χ0) is 45.2. The highest BCUT2D eigenvalue weighted by atomic mass is 16.2. The molecule has 6 heteroatoms. The zero-order valence-corrected chi connectivity index (χ0v) is 37.3. The molecule has 11 aromatic rings. The summed E-state index contributed by atoms with van der Waals surface area (Å²) < 4.78 is 4.86. The summed E-state index contributed by atoms with van der Waals surface area (Å²) in [6.07, 6.45) is 1.48. The molecule has 0 unspecified atom stereocenters. The highest BCUT2D eigenvalue weighted by Gasteiger charge is 2.44. The number of hydrogen-bond donors (Lipinski definition) is 2. The van der Waals surface area contributed by atoms with E-state index in [1.807, 2.05) is 12.1 Å². The van der Waals surface area contributed by atoms with Crippen LogP contribution in [0.15, 0.2) is 206 Å². The van der Waals surface area contributed by atoms with Crippen LogP contribution in [0, 0.1) is 6.92 Å². The van der Waals surface area contributed by atoms with Gasteiger partial charge in [0.05, 0.1) is 22.1 Å². The summed E-state index contributed by atoms with van der Waals surface area (Å²) in [6, 6.07) is 73.2. The van der Waals surface area contributed by atoms with Gasteiger partial charge in [-0.25, -0.2) is 0 Å². The van der Waals surface area contributed by atoms with E-state index in [0.717, 1.165) is 23.4 Å². The number of aryl methyl sites for hydroxylation is 1. The molecule has 0 atom stereocenters.